The van der Waals surface area contributed by atoms with E-state index in [1.165, 1.54) is 25.6 Å². The first-order valence-corrected chi connectivity index (χ1v) is 7.09. The van der Waals surface area contributed by atoms with Gasteiger partial charge in [0.2, 0.25) is 0 Å². The summed E-state index contributed by atoms with van der Waals surface area (Å²) in [5, 5.41) is 5.03. The summed E-state index contributed by atoms with van der Waals surface area (Å²) in [4.78, 5) is 13.2. The Balaban J connectivity index is 2.30. The number of ether oxygens (including phenoxy) is 2. The number of amides is 1. The third-order valence-corrected chi connectivity index (χ3v) is 3.87. The molecule has 1 aromatic heterocycles. The number of hydrogen-bond donors (Lipinski definition) is 1. The maximum atomic E-state index is 12.1. The summed E-state index contributed by atoms with van der Waals surface area (Å²) in [6.07, 6.45) is 0. The van der Waals surface area contributed by atoms with Crippen molar-refractivity contribution >= 4 is 34.5 Å². The van der Waals surface area contributed by atoms with E-state index in [0.717, 1.165) is 4.88 Å². The van der Waals surface area contributed by atoms with Gasteiger partial charge in [-0.15, -0.1) is 11.3 Å². The summed E-state index contributed by atoms with van der Waals surface area (Å²) in [6.45, 7) is 1.95. The van der Waals surface area contributed by atoms with E-state index in [9.17, 15) is 4.79 Å². The Bertz CT molecular complexity index is 639. The Labute approximate surface area is 126 Å². The summed E-state index contributed by atoms with van der Waals surface area (Å²) >= 11 is 7.55. The number of carbonyl (C=O) groups excluding carboxylic acids is 1. The molecule has 1 amide bonds. The number of benzene rings is 1. The van der Waals surface area contributed by atoms with Crippen molar-refractivity contribution in [3.05, 3.63) is 39.0 Å². The van der Waals surface area contributed by atoms with Crippen LogP contribution in [0.1, 0.15) is 15.2 Å². The Morgan fingerprint density at radius 2 is 1.90 bits per heavy atom. The van der Waals surface area contributed by atoms with Crippen LogP contribution in [0.2, 0.25) is 5.02 Å². The van der Waals surface area contributed by atoms with Crippen molar-refractivity contribution in [3.8, 4) is 11.5 Å². The lowest BCUT2D eigenvalue weighted by molar-refractivity contribution is 0.102. The highest BCUT2D eigenvalue weighted by atomic mass is 35.5. The highest BCUT2D eigenvalue weighted by Gasteiger charge is 2.14. The lowest BCUT2D eigenvalue weighted by Crippen LogP contribution is -2.12. The summed E-state index contributed by atoms with van der Waals surface area (Å²) in [6, 6.07) is 5.08. The molecule has 0 aliphatic heterocycles. The van der Waals surface area contributed by atoms with Crippen molar-refractivity contribution in [2.75, 3.05) is 19.5 Å². The first-order valence-electron chi connectivity index (χ1n) is 5.83. The molecule has 1 N–H and O–H groups in total. The van der Waals surface area contributed by atoms with Gasteiger partial charge in [0.05, 0.1) is 30.5 Å². The second-order valence-electron chi connectivity index (χ2n) is 4.09. The molecule has 0 fully saturated rings. The molecule has 6 heteroatoms. The van der Waals surface area contributed by atoms with Gasteiger partial charge in [-0.3, -0.25) is 4.79 Å². The number of methoxy groups -OCH3 is 2. The van der Waals surface area contributed by atoms with Crippen molar-refractivity contribution in [1.82, 2.24) is 0 Å². The molecule has 0 bridgehead atoms. The predicted molar refractivity (Wildman–Crippen MR) is 81.6 cm³/mol. The standard InChI is InChI=1S/C14H14ClNO3S/c1-8-4-9(7-20-8)14(17)16-11-6-12(18-2)10(15)5-13(11)19-3/h4-7H,1-3H3,(H,16,17). The molecule has 0 atom stereocenters. The normalized spacial score (nSPS) is 10.2. The topological polar surface area (TPSA) is 47.6 Å². The second-order valence-corrected chi connectivity index (χ2v) is 5.61. The molecule has 2 aromatic rings. The molecule has 0 aliphatic rings. The van der Waals surface area contributed by atoms with Crippen molar-refractivity contribution in [2.24, 2.45) is 0 Å². The second kappa shape index (κ2) is 6.15. The van der Waals surface area contributed by atoms with E-state index in [2.05, 4.69) is 5.32 Å². The molecule has 2 rings (SSSR count). The van der Waals surface area contributed by atoms with Crippen LogP contribution in [0.15, 0.2) is 23.6 Å². The van der Waals surface area contributed by atoms with Crippen molar-refractivity contribution in [3.63, 3.8) is 0 Å². The highest BCUT2D eigenvalue weighted by molar-refractivity contribution is 7.10. The zero-order valence-electron chi connectivity index (χ0n) is 11.3. The lowest BCUT2D eigenvalue weighted by Gasteiger charge is -2.12. The minimum Gasteiger partial charge on any atom is -0.495 e. The molecule has 0 saturated carbocycles. The molecule has 20 heavy (non-hydrogen) atoms. The van der Waals surface area contributed by atoms with Crippen LogP contribution in [-0.4, -0.2) is 20.1 Å². The van der Waals surface area contributed by atoms with Crippen LogP contribution in [-0.2, 0) is 0 Å². The predicted octanol–water partition coefficient (Wildman–Crippen LogP) is 3.98. The first kappa shape index (κ1) is 14.7. The van der Waals surface area contributed by atoms with E-state index in [0.29, 0.717) is 27.8 Å². The fourth-order valence-electron chi connectivity index (χ4n) is 1.72. The zero-order valence-corrected chi connectivity index (χ0v) is 12.9. The number of hydrogen-bond acceptors (Lipinski definition) is 4. The smallest absolute Gasteiger partial charge is 0.256 e. The van der Waals surface area contributed by atoms with Crippen molar-refractivity contribution in [1.29, 1.82) is 0 Å². The Morgan fingerprint density at radius 3 is 2.45 bits per heavy atom. The van der Waals surface area contributed by atoms with Gasteiger partial charge in [-0.2, -0.15) is 0 Å². The maximum absolute atomic E-state index is 12.1. The van der Waals surface area contributed by atoms with Gasteiger partial charge in [0.25, 0.3) is 5.91 Å². The molecule has 1 aromatic carbocycles. The van der Waals surface area contributed by atoms with Crippen LogP contribution in [0.3, 0.4) is 0 Å². The average molecular weight is 312 g/mol. The van der Waals surface area contributed by atoms with Gasteiger partial charge in [-0.05, 0) is 13.0 Å². The van der Waals surface area contributed by atoms with Gasteiger partial charge in [-0.1, -0.05) is 11.6 Å². The molecule has 0 saturated heterocycles. The van der Waals surface area contributed by atoms with Crippen LogP contribution in [0.25, 0.3) is 0 Å². The molecular formula is C14H14ClNO3S. The molecular weight excluding hydrogens is 298 g/mol. The fraction of sp³-hybridized carbons (Fsp3) is 0.214. The molecule has 0 aliphatic carbocycles. The Hall–Kier alpha value is -1.72. The van der Waals surface area contributed by atoms with Crippen LogP contribution in [0.4, 0.5) is 5.69 Å². The van der Waals surface area contributed by atoms with Gasteiger partial charge in [0.15, 0.2) is 0 Å². The quantitative estimate of drug-likeness (QED) is 0.929. The van der Waals surface area contributed by atoms with Crippen LogP contribution in [0.5, 0.6) is 11.5 Å². The van der Waals surface area contributed by atoms with Gasteiger partial charge >= 0.3 is 0 Å². The minimum atomic E-state index is -0.197. The number of carbonyl (C=O) groups is 1. The molecule has 0 radical (unpaired) electrons. The summed E-state index contributed by atoms with van der Waals surface area (Å²) in [5.41, 5.74) is 1.13. The molecule has 106 valence electrons. The van der Waals surface area contributed by atoms with E-state index in [1.54, 1.807) is 12.1 Å². The van der Waals surface area contributed by atoms with Gasteiger partial charge in [0, 0.05) is 22.4 Å². The summed E-state index contributed by atoms with van der Waals surface area (Å²) in [7, 11) is 3.03. The van der Waals surface area contributed by atoms with E-state index in [1.807, 2.05) is 18.4 Å². The summed E-state index contributed by atoms with van der Waals surface area (Å²) in [5.74, 6) is 0.761. The fourth-order valence-corrected chi connectivity index (χ4v) is 2.63. The largest absolute Gasteiger partial charge is 0.495 e. The molecule has 4 nitrogen and oxygen atoms in total. The highest BCUT2D eigenvalue weighted by Crippen LogP contribution is 2.36. The first-order chi connectivity index (χ1) is 9.55. The lowest BCUT2D eigenvalue weighted by atomic mass is 10.2. The van der Waals surface area contributed by atoms with Crippen molar-refractivity contribution < 1.29 is 14.3 Å². The number of rotatable bonds is 4. The zero-order chi connectivity index (χ0) is 14.7. The number of aryl methyl sites for hydroxylation is 1. The molecule has 1 heterocycles. The van der Waals surface area contributed by atoms with E-state index < -0.39 is 0 Å². The van der Waals surface area contributed by atoms with Crippen molar-refractivity contribution in [2.45, 2.75) is 6.92 Å². The maximum Gasteiger partial charge on any atom is 0.256 e. The van der Waals surface area contributed by atoms with Crippen LogP contribution < -0.4 is 14.8 Å². The molecule has 0 spiro atoms. The van der Waals surface area contributed by atoms with Gasteiger partial charge in [-0.25, -0.2) is 0 Å². The van der Waals surface area contributed by atoms with Crippen LogP contribution in [0, 0.1) is 6.92 Å². The van der Waals surface area contributed by atoms with Crippen LogP contribution >= 0.6 is 22.9 Å². The number of nitrogens with one attached hydrogen (secondary N) is 1. The molecule has 0 unspecified atom stereocenters. The monoisotopic (exact) mass is 311 g/mol. The van der Waals surface area contributed by atoms with Gasteiger partial charge < -0.3 is 14.8 Å². The van der Waals surface area contributed by atoms with E-state index in [4.69, 9.17) is 21.1 Å². The number of thiophene rings is 1. The Morgan fingerprint density at radius 1 is 1.20 bits per heavy atom. The minimum absolute atomic E-state index is 0.197. The Kier molecular flexibility index (Phi) is 4.52. The third kappa shape index (κ3) is 3.05. The number of halogens is 1. The van der Waals surface area contributed by atoms with Gasteiger partial charge in [0.1, 0.15) is 11.5 Å². The van der Waals surface area contributed by atoms with E-state index in [-0.39, 0.29) is 5.91 Å². The SMILES string of the molecule is COc1cc(NC(=O)c2csc(C)c2)c(OC)cc1Cl. The van der Waals surface area contributed by atoms with E-state index >= 15 is 0 Å². The number of anilines is 1. The summed E-state index contributed by atoms with van der Waals surface area (Å²) < 4.78 is 10.4. The average Bonchev–Trinajstić information content (AvgIpc) is 2.87. The third-order valence-electron chi connectivity index (χ3n) is 2.71.